The summed E-state index contributed by atoms with van der Waals surface area (Å²) in [4.78, 5) is 0. The quantitative estimate of drug-likeness (QED) is 0.146. The Labute approximate surface area is 260 Å². The Morgan fingerprint density at radius 3 is 1.90 bits per heavy atom. The van der Waals surface area contributed by atoms with E-state index in [0.29, 0.717) is 11.8 Å². The molecule has 0 radical (unpaired) electrons. The highest BCUT2D eigenvalue weighted by Crippen LogP contribution is 2.40. The fourth-order valence-electron chi connectivity index (χ4n) is 6.98. The third kappa shape index (κ3) is 12.3. The van der Waals surface area contributed by atoms with Crippen molar-refractivity contribution in [2.45, 2.75) is 152 Å². The van der Waals surface area contributed by atoms with Gasteiger partial charge in [-0.25, -0.2) is 0 Å². The molecule has 2 rings (SSSR count). The summed E-state index contributed by atoms with van der Waals surface area (Å²) < 4.78 is 0. The number of rotatable bonds is 11. The van der Waals surface area contributed by atoms with E-state index >= 15 is 0 Å². The van der Waals surface area contributed by atoms with Crippen molar-refractivity contribution >= 4 is 0 Å². The molecule has 0 aromatic heterocycles. The molecule has 2 heteroatoms. The summed E-state index contributed by atoms with van der Waals surface area (Å²) in [6.07, 6.45) is 18.1. The molecule has 0 saturated carbocycles. The maximum absolute atomic E-state index is 10.1. The molecule has 2 nitrogen and oxygen atoms in total. The molecule has 2 aliphatic rings. The van der Waals surface area contributed by atoms with Crippen LogP contribution in [0.15, 0.2) is 46.1 Å². The maximum Gasteiger partial charge on any atom is 0.0586 e. The zero-order valence-electron chi connectivity index (χ0n) is 28.8. The molecule has 2 aliphatic carbocycles. The average molecular weight is 575 g/mol. The standard InChI is InChI=1S/C40H62O2/c1-29(17-13-19-31(3)21-23-37-33(5)25-35(41)27-39(37,7)8)15-11-12-16-30(2)18-14-20-32(4)22-24-38-34(6)26-36(42)28-40(38,9)10/h13,17,19,29-30,32,35-36,41-42H,11-12,14-16,18,20,25-28H2,1-10H3/b17-13+,31-19+/t29?,30?,32?,35-,36-/m1/s1. The third-order valence-electron chi connectivity index (χ3n) is 9.34. The van der Waals surface area contributed by atoms with Gasteiger partial charge >= 0.3 is 0 Å². The van der Waals surface area contributed by atoms with Gasteiger partial charge in [0.1, 0.15) is 0 Å². The smallest absolute Gasteiger partial charge is 0.0586 e. The lowest BCUT2D eigenvalue weighted by Gasteiger charge is -2.34. The molecule has 0 heterocycles. The monoisotopic (exact) mass is 574 g/mol. The number of allylic oxidation sites excluding steroid dienone is 6. The van der Waals surface area contributed by atoms with Crippen molar-refractivity contribution in [1.82, 2.24) is 0 Å². The maximum atomic E-state index is 10.1. The van der Waals surface area contributed by atoms with Crippen molar-refractivity contribution in [3.05, 3.63) is 46.1 Å². The molecule has 0 spiro atoms. The number of aliphatic hydroxyl groups excluding tert-OH is 2. The zero-order chi connectivity index (χ0) is 31.5. The molecule has 0 aromatic rings. The van der Waals surface area contributed by atoms with Gasteiger partial charge in [-0.05, 0) is 76.7 Å². The second-order valence-electron chi connectivity index (χ2n) is 15.2. The molecule has 0 saturated heterocycles. The van der Waals surface area contributed by atoms with E-state index in [9.17, 15) is 10.2 Å². The van der Waals surface area contributed by atoms with Crippen LogP contribution >= 0.6 is 0 Å². The van der Waals surface area contributed by atoms with E-state index in [1.807, 2.05) is 0 Å². The van der Waals surface area contributed by atoms with Gasteiger partial charge in [-0.15, -0.1) is 0 Å². The lowest BCUT2D eigenvalue weighted by atomic mass is 9.72. The fourth-order valence-corrected chi connectivity index (χ4v) is 6.98. The lowest BCUT2D eigenvalue weighted by Crippen LogP contribution is -2.28. The van der Waals surface area contributed by atoms with Crippen LogP contribution in [0.4, 0.5) is 0 Å². The van der Waals surface area contributed by atoms with E-state index in [2.05, 4.69) is 111 Å². The zero-order valence-corrected chi connectivity index (χ0v) is 28.8. The van der Waals surface area contributed by atoms with Crippen LogP contribution in [0, 0.1) is 52.3 Å². The summed E-state index contributed by atoms with van der Waals surface area (Å²) in [6.45, 7) is 22.1. The van der Waals surface area contributed by atoms with Gasteiger partial charge in [-0.3, -0.25) is 0 Å². The van der Waals surface area contributed by atoms with Gasteiger partial charge < -0.3 is 10.2 Å². The Morgan fingerprint density at radius 1 is 0.810 bits per heavy atom. The van der Waals surface area contributed by atoms with E-state index in [0.717, 1.165) is 37.2 Å². The fraction of sp³-hybridized carbons (Fsp3) is 0.700. The lowest BCUT2D eigenvalue weighted by molar-refractivity contribution is 0.116. The van der Waals surface area contributed by atoms with Gasteiger partial charge in [0, 0.05) is 27.9 Å². The predicted molar refractivity (Wildman–Crippen MR) is 182 cm³/mol. The first kappa shape index (κ1) is 36.2. The van der Waals surface area contributed by atoms with Crippen molar-refractivity contribution in [2.24, 2.45) is 28.6 Å². The second-order valence-corrected chi connectivity index (χ2v) is 15.2. The molecule has 5 atom stereocenters. The molecule has 0 amide bonds. The van der Waals surface area contributed by atoms with Crippen LogP contribution < -0.4 is 0 Å². The third-order valence-corrected chi connectivity index (χ3v) is 9.34. The van der Waals surface area contributed by atoms with Gasteiger partial charge in [0.05, 0.1) is 12.2 Å². The summed E-state index contributed by atoms with van der Waals surface area (Å²) in [5, 5.41) is 20.2. The molecule has 0 fully saturated rings. The molecule has 0 bridgehead atoms. The van der Waals surface area contributed by atoms with E-state index in [1.54, 1.807) is 0 Å². The molecule has 234 valence electrons. The number of unbranched alkanes of at least 4 members (excludes halogenated alkanes) is 1. The Kier molecular flexibility index (Phi) is 14.4. The van der Waals surface area contributed by atoms with Crippen LogP contribution in [-0.4, -0.2) is 22.4 Å². The summed E-state index contributed by atoms with van der Waals surface area (Å²) in [5.74, 6) is 15.6. The van der Waals surface area contributed by atoms with Gasteiger partial charge in [-0.2, -0.15) is 0 Å². The largest absolute Gasteiger partial charge is 0.393 e. The van der Waals surface area contributed by atoms with Crippen LogP contribution in [0.3, 0.4) is 0 Å². The minimum atomic E-state index is -0.242. The Bertz CT molecular complexity index is 1130. The molecule has 0 aromatic carbocycles. The Hall–Kier alpha value is -2.00. The second kappa shape index (κ2) is 16.7. The molecular formula is C40H62O2. The van der Waals surface area contributed by atoms with Crippen molar-refractivity contribution in [3.8, 4) is 23.7 Å². The first-order valence-electron chi connectivity index (χ1n) is 16.8. The molecule has 42 heavy (non-hydrogen) atoms. The highest BCUT2D eigenvalue weighted by molar-refractivity contribution is 5.45. The number of aliphatic hydroxyl groups is 2. The highest BCUT2D eigenvalue weighted by Gasteiger charge is 2.33. The molecular weight excluding hydrogens is 512 g/mol. The van der Waals surface area contributed by atoms with Crippen LogP contribution in [0.25, 0.3) is 0 Å². The normalized spacial score (nSPS) is 24.5. The summed E-state index contributed by atoms with van der Waals surface area (Å²) in [6, 6.07) is 0. The summed E-state index contributed by atoms with van der Waals surface area (Å²) >= 11 is 0. The average Bonchev–Trinajstić information content (AvgIpc) is 2.84. The molecule has 2 N–H and O–H groups in total. The van der Waals surface area contributed by atoms with Crippen molar-refractivity contribution in [3.63, 3.8) is 0 Å². The minimum absolute atomic E-state index is 0.0174. The highest BCUT2D eigenvalue weighted by atomic mass is 16.3. The van der Waals surface area contributed by atoms with Crippen LogP contribution in [0.5, 0.6) is 0 Å². The molecule has 0 aliphatic heterocycles. The van der Waals surface area contributed by atoms with Crippen LogP contribution in [-0.2, 0) is 0 Å². The Balaban J connectivity index is 1.67. The summed E-state index contributed by atoms with van der Waals surface area (Å²) in [5.41, 5.74) is 5.96. The number of hydrogen-bond donors (Lipinski definition) is 2. The summed E-state index contributed by atoms with van der Waals surface area (Å²) in [7, 11) is 0. The van der Waals surface area contributed by atoms with Crippen molar-refractivity contribution in [2.75, 3.05) is 0 Å². The Morgan fingerprint density at radius 2 is 1.33 bits per heavy atom. The van der Waals surface area contributed by atoms with Crippen LogP contribution in [0.1, 0.15) is 140 Å². The SMILES string of the molecule is CC1=C(C#C/C(C)=C/C=C/C(C)CCCCC(C)CCCC(C)C#CC2=C(C)C[C@@H](O)CC2(C)C)C(C)(C)C[C@H](O)C1. The first-order valence-corrected chi connectivity index (χ1v) is 16.8. The predicted octanol–water partition coefficient (Wildman–Crippen LogP) is 10.1. The van der Waals surface area contributed by atoms with E-state index in [1.165, 1.54) is 67.2 Å². The van der Waals surface area contributed by atoms with Crippen molar-refractivity contribution < 1.29 is 10.2 Å². The van der Waals surface area contributed by atoms with E-state index in [-0.39, 0.29) is 23.0 Å². The van der Waals surface area contributed by atoms with Gasteiger partial charge in [0.2, 0.25) is 0 Å². The minimum Gasteiger partial charge on any atom is -0.393 e. The van der Waals surface area contributed by atoms with Gasteiger partial charge in [0.15, 0.2) is 0 Å². The number of hydrogen-bond acceptors (Lipinski definition) is 2. The van der Waals surface area contributed by atoms with Crippen LogP contribution in [0.2, 0.25) is 0 Å². The van der Waals surface area contributed by atoms with Gasteiger partial charge in [-0.1, -0.05) is 134 Å². The van der Waals surface area contributed by atoms with Gasteiger partial charge in [0.25, 0.3) is 0 Å². The van der Waals surface area contributed by atoms with E-state index < -0.39 is 0 Å². The molecule has 3 unspecified atom stereocenters. The topological polar surface area (TPSA) is 40.5 Å². The van der Waals surface area contributed by atoms with Crippen molar-refractivity contribution in [1.29, 1.82) is 0 Å². The van der Waals surface area contributed by atoms with E-state index in [4.69, 9.17) is 0 Å². The first-order chi connectivity index (χ1) is 19.6.